The zero-order chi connectivity index (χ0) is 12.8. The van der Waals surface area contributed by atoms with Gasteiger partial charge in [0.15, 0.2) is 4.60 Å². The Bertz CT molecular complexity index is 604. The standard InChI is InChI=1S/C9H8BrN5O2/c10-7-8(16)14(5-1-3-11)9(17)15(13-7)6-2-4-12/h1-2,5-6H2. The minimum absolute atomic E-state index is 0.00650. The van der Waals surface area contributed by atoms with Crippen LogP contribution < -0.4 is 11.2 Å². The van der Waals surface area contributed by atoms with Crippen LogP contribution in [-0.2, 0) is 13.1 Å². The van der Waals surface area contributed by atoms with E-state index in [1.165, 1.54) is 0 Å². The van der Waals surface area contributed by atoms with Crippen molar-refractivity contribution in [3.63, 3.8) is 0 Å². The van der Waals surface area contributed by atoms with Crippen molar-refractivity contribution in [3.05, 3.63) is 25.4 Å². The molecule has 1 heterocycles. The molecule has 0 aliphatic carbocycles. The summed E-state index contributed by atoms with van der Waals surface area (Å²) in [5.41, 5.74) is -1.18. The average Bonchev–Trinajstić information content (AvgIpc) is 2.32. The average molecular weight is 298 g/mol. The summed E-state index contributed by atoms with van der Waals surface area (Å²) >= 11 is 2.94. The highest BCUT2D eigenvalue weighted by molar-refractivity contribution is 9.10. The lowest BCUT2D eigenvalue weighted by Gasteiger charge is -2.06. The molecule has 0 spiro atoms. The van der Waals surface area contributed by atoms with Crippen molar-refractivity contribution >= 4 is 15.9 Å². The first-order chi connectivity index (χ1) is 8.11. The van der Waals surface area contributed by atoms with Crippen molar-refractivity contribution < 1.29 is 0 Å². The maximum Gasteiger partial charge on any atom is 0.347 e. The van der Waals surface area contributed by atoms with Gasteiger partial charge in [-0.05, 0) is 15.9 Å². The Labute approximate surface area is 105 Å². The summed E-state index contributed by atoms with van der Waals surface area (Å²) in [5.74, 6) is 0. The number of hydrogen-bond donors (Lipinski definition) is 0. The topological polar surface area (TPSA) is 104 Å². The summed E-state index contributed by atoms with van der Waals surface area (Å²) in [4.78, 5) is 23.4. The molecule has 0 saturated heterocycles. The minimum Gasteiger partial charge on any atom is -0.266 e. The summed E-state index contributed by atoms with van der Waals surface area (Å²) in [6, 6.07) is 3.74. The van der Waals surface area contributed by atoms with Gasteiger partial charge >= 0.3 is 5.69 Å². The molecule has 7 nitrogen and oxygen atoms in total. The van der Waals surface area contributed by atoms with Crippen molar-refractivity contribution in [2.45, 2.75) is 25.9 Å². The normalized spacial score (nSPS) is 9.59. The number of halogens is 1. The molecule has 0 bridgehead atoms. The summed E-state index contributed by atoms with van der Waals surface area (Å²) < 4.78 is 1.96. The summed E-state index contributed by atoms with van der Waals surface area (Å²) in [5, 5.41) is 20.6. The van der Waals surface area contributed by atoms with Crippen LogP contribution in [0.2, 0.25) is 0 Å². The molecule has 8 heteroatoms. The monoisotopic (exact) mass is 297 g/mol. The van der Waals surface area contributed by atoms with Gasteiger partial charge in [-0.1, -0.05) is 0 Å². The molecular formula is C9H8BrN5O2. The van der Waals surface area contributed by atoms with Crippen molar-refractivity contribution in [3.8, 4) is 12.1 Å². The van der Waals surface area contributed by atoms with E-state index in [1.807, 2.05) is 12.1 Å². The van der Waals surface area contributed by atoms with Crippen LogP contribution in [0.4, 0.5) is 0 Å². The summed E-state index contributed by atoms with van der Waals surface area (Å²) in [6.07, 6.45) is 0.180. The van der Waals surface area contributed by atoms with Gasteiger partial charge in [-0.3, -0.25) is 9.36 Å². The fraction of sp³-hybridized carbons (Fsp3) is 0.444. The van der Waals surface area contributed by atoms with E-state index >= 15 is 0 Å². The molecular weight excluding hydrogens is 290 g/mol. The first kappa shape index (κ1) is 13.1. The number of nitrogens with zero attached hydrogens (tertiary/aromatic N) is 5. The van der Waals surface area contributed by atoms with Crippen molar-refractivity contribution in [2.75, 3.05) is 0 Å². The Hall–Kier alpha value is -1.93. The molecule has 17 heavy (non-hydrogen) atoms. The van der Waals surface area contributed by atoms with E-state index in [9.17, 15) is 9.59 Å². The van der Waals surface area contributed by atoms with Crippen LogP contribution in [0, 0.1) is 22.7 Å². The molecule has 0 atom stereocenters. The minimum atomic E-state index is -0.608. The van der Waals surface area contributed by atoms with Gasteiger partial charge in [0.1, 0.15) is 0 Å². The third-order valence-electron chi connectivity index (χ3n) is 1.96. The first-order valence-electron chi connectivity index (χ1n) is 4.73. The molecule has 1 rings (SSSR count). The Kier molecular flexibility index (Phi) is 4.61. The van der Waals surface area contributed by atoms with E-state index in [0.29, 0.717) is 0 Å². The second-order valence-electron chi connectivity index (χ2n) is 3.07. The van der Waals surface area contributed by atoms with Crippen molar-refractivity contribution in [1.29, 1.82) is 10.5 Å². The van der Waals surface area contributed by atoms with Crippen LogP contribution in [0.1, 0.15) is 12.8 Å². The Morgan fingerprint density at radius 1 is 1.18 bits per heavy atom. The number of aryl methyl sites for hydroxylation is 1. The van der Waals surface area contributed by atoms with Gasteiger partial charge in [0.05, 0.1) is 31.5 Å². The quantitative estimate of drug-likeness (QED) is 0.777. The number of aromatic nitrogens is 3. The third kappa shape index (κ3) is 3.02. The molecule has 0 radical (unpaired) electrons. The smallest absolute Gasteiger partial charge is 0.266 e. The lowest BCUT2D eigenvalue weighted by atomic mass is 10.4. The zero-order valence-electron chi connectivity index (χ0n) is 8.76. The maximum atomic E-state index is 11.8. The Morgan fingerprint density at radius 2 is 1.76 bits per heavy atom. The molecule has 0 aliphatic heterocycles. The lowest BCUT2D eigenvalue weighted by molar-refractivity contribution is 0.493. The molecule has 0 saturated carbocycles. The van der Waals surface area contributed by atoms with E-state index in [0.717, 1.165) is 9.25 Å². The predicted octanol–water partition coefficient (Wildman–Crippen LogP) is -0.00514. The number of hydrogen-bond acceptors (Lipinski definition) is 5. The highest BCUT2D eigenvalue weighted by atomic mass is 79.9. The van der Waals surface area contributed by atoms with Gasteiger partial charge in [-0.2, -0.15) is 15.6 Å². The van der Waals surface area contributed by atoms with Gasteiger partial charge in [0, 0.05) is 6.54 Å². The summed E-state index contributed by atoms with van der Waals surface area (Å²) in [7, 11) is 0. The van der Waals surface area contributed by atoms with Crippen molar-refractivity contribution in [1.82, 2.24) is 14.3 Å². The maximum absolute atomic E-state index is 11.8. The Balaban J connectivity index is 3.25. The fourth-order valence-electron chi connectivity index (χ4n) is 1.19. The molecule has 1 aromatic rings. The second-order valence-corrected chi connectivity index (χ2v) is 3.82. The van der Waals surface area contributed by atoms with E-state index < -0.39 is 11.2 Å². The van der Waals surface area contributed by atoms with E-state index in [2.05, 4.69) is 21.0 Å². The van der Waals surface area contributed by atoms with Gasteiger partial charge in [0.25, 0.3) is 5.56 Å². The van der Waals surface area contributed by atoms with Gasteiger partial charge in [-0.15, -0.1) is 0 Å². The van der Waals surface area contributed by atoms with Crippen LogP contribution >= 0.6 is 15.9 Å². The van der Waals surface area contributed by atoms with Gasteiger partial charge < -0.3 is 0 Å². The van der Waals surface area contributed by atoms with Crippen LogP contribution in [0.25, 0.3) is 0 Å². The molecule has 88 valence electrons. The molecule has 0 unspecified atom stereocenters. The van der Waals surface area contributed by atoms with Crippen LogP contribution in [-0.4, -0.2) is 14.3 Å². The first-order valence-corrected chi connectivity index (χ1v) is 5.52. The highest BCUT2D eigenvalue weighted by Gasteiger charge is 2.10. The molecule has 0 aromatic carbocycles. The summed E-state index contributed by atoms with van der Waals surface area (Å²) in [6.45, 7) is 0.128. The van der Waals surface area contributed by atoms with Crippen LogP contribution in [0.5, 0.6) is 0 Å². The van der Waals surface area contributed by atoms with Crippen molar-refractivity contribution in [2.24, 2.45) is 0 Å². The Morgan fingerprint density at radius 3 is 2.35 bits per heavy atom. The van der Waals surface area contributed by atoms with Crippen LogP contribution in [0.3, 0.4) is 0 Å². The molecule has 0 N–H and O–H groups in total. The second kappa shape index (κ2) is 5.97. The SMILES string of the molecule is N#CCCn1nc(Br)c(=O)n(CCC#N)c1=O. The lowest BCUT2D eigenvalue weighted by Crippen LogP contribution is -2.42. The predicted molar refractivity (Wildman–Crippen MR) is 60.9 cm³/mol. The number of nitriles is 2. The largest absolute Gasteiger partial charge is 0.347 e. The fourth-order valence-corrected chi connectivity index (χ4v) is 1.60. The molecule has 0 fully saturated rings. The third-order valence-corrected chi connectivity index (χ3v) is 2.46. The van der Waals surface area contributed by atoms with E-state index in [4.69, 9.17) is 10.5 Å². The van der Waals surface area contributed by atoms with E-state index in [-0.39, 0.29) is 30.5 Å². The molecule has 0 amide bonds. The zero-order valence-corrected chi connectivity index (χ0v) is 10.3. The van der Waals surface area contributed by atoms with Gasteiger partial charge in [0.2, 0.25) is 0 Å². The molecule has 1 aromatic heterocycles. The highest BCUT2D eigenvalue weighted by Crippen LogP contribution is 1.95. The number of rotatable bonds is 4. The molecule has 0 aliphatic rings. The van der Waals surface area contributed by atoms with Gasteiger partial charge in [-0.25, -0.2) is 9.48 Å². The van der Waals surface area contributed by atoms with Crippen LogP contribution in [0.15, 0.2) is 14.2 Å². The van der Waals surface area contributed by atoms with E-state index in [1.54, 1.807) is 0 Å².